The number of nitrogens with one attached hydrogen (secondary N) is 1. The van der Waals surface area contributed by atoms with Gasteiger partial charge in [0, 0.05) is 67.1 Å². The van der Waals surface area contributed by atoms with E-state index >= 15 is 0 Å². The first-order valence-corrected chi connectivity index (χ1v) is 12.4. The molecule has 2 aliphatic rings. The zero-order valence-electron chi connectivity index (χ0n) is 20.1. The molecular weight excluding hydrogens is 438 g/mol. The Morgan fingerprint density at radius 2 is 1.57 bits per heavy atom. The van der Waals surface area contributed by atoms with Gasteiger partial charge in [-0.05, 0) is 61.1 Å². The molecule has 1 aromatic heterocycles. The Morgan fingerprint density at radius 3 is 2.23 bits per heavy atom. The van der Waals surface area contributed by atoms with E-state index in [0.717, 1.165) is 53.4 Å². The lowest BCUT2D eigenvalue weighted by atomic mass is 9.91. The molecule has 3 aromatic rings. The molecule has 7 heteroatoms. The lowest BCUT2D eigenvalue weighted by Gasteiger charge is -2.34. The van der Waals surface area contributed by atoms with E-state index < -0.39 is 0 Å². The van der Waals surface area contributed by atoms with Crippen LogP contribution in [0.3, 0.4) is 0 Å². The van der Waals surface area contributed by atoms with Gasteiger partial charge in [-0.2, -0.15) is 0 Å². The third-order valence-corrected chi connectivity index (χ3v) is 7.36. The summed E-state index contributed by atoms with van der Waals surface area (Å²) >= 11 is 0. The van der Waals surface area contributed by atoms with Gasteiger partial charge in [0.1, 0.15) is 0 Å². The zero-order chi connectivity index (χ0) is 24.5. The molecular formula is C28H31N5O2. The van der Waals surface area contributed by atoms with E-state index in [-0.39, 0.29) is 11.8 Å². The highest BCUT2D eigenvalue weighted by molar-refractivity contribution is 6.05. The van der Waals surface area contributed by atoms with Crippen molar-refractivity contribution >= 4 is 34.6 Å². The first-order chi connectivity index (χ1) is 17.0. The van der Waals surface area contributed by atoms with Gasteiger partial charge >= 0.3 is 0 Å². The van der Waals surface area contributed by atoms with Gasteiger partial charge in [-0.3, -0.25) is 9.59 Å². The number of amides is 2. The molecule has 1 saturated heterocycles. The number of pyridine rings is 1. The number of nitrogens with two attached hydrogens (primary N) is 1. The van der Waals surface area contributed by atoms with E-state index in [1.54, 1.807) is 11.8 Å². The third kappa shape index (κ3) is 4.27. The number of nitrogens with zero attached hydrogens (tertiary/aromatic N) is 3. The molecule has 2 amide bonds. The fourth-order valence-corrected chi connectivity index (χ4v) is 5.41. The molecule has 1 aliphatic heterocycles. The van der Waals surface area contributed by atoms with Crippen molar-refractivity contribution in [2.24, 2.45) is 0 Å². The highest BCUT2D eigenvalue weighted by Gasteiger charge is 2.24. The molecule has 0 radical (unpaired) electrons. The minimum atomic E-state index is -0.00356. The van der Waals surface area contributed by atoms with E-state index in [4.69, 9.17) is 16.1 Å². The Hall–Kier alpha value is -3.74. The number of aromatic nitrogens is 1. The van der Waals surface area contributed by atoms with Crippen molar-refractivity contribution < 1.29 is 9.59 Å². The van der Waals surface area contributed by atoms with Gasteiger partial charge in [-0.25, -0.2) is 4.98 Å². The van der Waals surface area contributed by atoms with Gasteiger partial charge in [0.15, 0.2) is 0 Å². The maximum absolute atomic E-state index is 13.1. The Kier molecular flexibility index (Phi) is 6.24. The Morgan fingerprint density at radius 1 is 0.914 bits per heavy atom. The Balaban J connectivity index is 1.50. The largest absolute Gasteiger partial charge is 0.398 e. The SMILES string of the molecule is CC(=O)N1CCN(C(=O)c2ccc(-c3nc4ccc(N)c(C=N)c4c4c3CCCCC4)cc2)CC1. The Labute approximate surface area is 205 Å². The van der Waals surface area contributed by atoms with Gasteiger partial charge in [-0.15, -0.1) is 0 Å². The molecule has 180 valence electrons. The van der Waals surface area contributed by atoms with Gasteiger partial charge in [0.25, 0.3) is 5.91 Å². The number of carbonyl (C=O) groups is 2. The van der Waals surface area contributed by atoms with E-state index in [1.165, 1.54) is 23.8 Å². The first-order valence-electron chi connectivity index (χ1n) is 12.4. The van der Waals surface area contributed by atoms with Gasteiger partial charge in [-0.1, -0.05) is 18.6 Å². The second-order valence-electron chi connectivity index (χ2n) is 9.46. The monoisotopic (exact) mass is 469 g/mol. The average Bonchev–Trinajstić information content (AvgIpc) is 3.14. The molecule has 2 heterocycles. The minimum Gasteiger partial charge on any atom is -0.398 e. The highest BCUT2D eigenvalue weighted by atomic mass is 16.2. The quantitative estimate of drug-likeness (QED) is 0.343. The summed E-state index contributed by atoms with van der Waals surface area (Å²) in [6, 6.07) is 11.5. The first kappa shape index (κ1) is 23.0. The van der Waals surface area contributed by atoms with Crippen molar-refractivity contribution in [2.75, 3.05) is 31.9 Å². The van der Waals surface area contributed by atoms with Crippen molar-refractivity contribution in [1.82, 2.24) is 14.8 Å². The lowest BCUT2D eigenvalue weighted by molar-refractivity contribution is -0.130. The summed E-state index contributed by atoms with van der Waals surface area (Å²) < 4.78 is 0. The standard InChI is InChI=1S/C28H31N5O2/c1-18(34)32-13-15-33(16-14-32)28(35)20-9-7-19(8-10-20)27-22-6-4-2-3-5-21(22)26-23(17-29)24(30)11-12-25(26)31-27/h7-12,17,29H,2-6,13-16,30H2,1H3. The number of benzene rings is 2. The molecule has 0 spiro atoms. The van der Waals surface area contributed by atoms with E-state index in [1.807, 2.05) is 41.3 Å². The minimum absolute atomic E-state index is 0.00356. The summed E-state index contributed by atoms with van der Waals surface area (Å²) in [4.78, 5) is 33.3. The van der Waals surface area contributed by atoms with Crippen LogP contribution in [0.25, 0.3) is 22.2 Å². The molecule has 0 saturated carbocycles. The number of aryl methyl sites for hydroxylation is 1. The number of hydrogen-bond acceptors (Lipinski definition) is 5. The van der Waals surface area contributed by atoms with Crippen molar-refractivity contribution in [1.29, 1.82) is 5.41 Å². The number of nitrogen functional groups attached to an aromatic ring is 1. The summed E-state index contributed by atoms with van der Waals surface area (Å²) in [5.74, 6) is 0.0510. The van der Waals surface area contributed by atoms with Crippen LogP contribution >= 0.6 is 0 Å². The summed E-state index contributed by atoms with van der Waals surface area (Å²) in [7, 11) is 0. The van der Waals surface area contributed by atoms with Crippen molar-refractivity contribution in [3.63, 3.8) is 0 Å². The van der Waals surface area contributed by atoms with Crippen LogP contribution in [0.1, 0.15) is 53.2 Å². The summed E-state index contributed by atoms with van der Waals surface area (Å²) in [6.07, 6.45) is 6.64. The maximum Gasteiger partial charge on any atom is 0.253 e. The second kappa shape index (κ2) is 9.49. The molecule has 1 fully saturated rings. The van der Waals surface area contributed by atoms with Gasteiger partial charge < -0.3 is 20.9 Å². The van der Waals surface area contributed by atoms with Gasteiger partial charge in [0.05, 0.1) is 11.2 Å². The van der Waals surface area contributed by atoms with Crippen LogP contribution in [0.4, 0.5) is 5.69 Å². The zero-order valence-corrected chi connectivity index (χ0v) is 20.1. The molecule has 7 nitrogen and oxygen atoms in total. The number of anilines is 1. The van der Waals surface area contributed by atoms with Crippen LogP contribution in [0.2, 0.25) is 0 Å². The normalized spacial score (nSPS) is 16.0. The maximum atomic E-state index is 13.1. The van der Waals surface area contributed by atoms with E-state index in [2.05, 4.69) is 0 Å². The van der Waals surface area contributed by atoms with Crippen LogP contribution in [0.5, 0.6) is 0 Å². The number of carbonyl (C=O) groups excluding carboxylic acids is 2. The fraction of sp³-hybridized carbons (Fsp3) is 0.357. The predicted molar refractivity (Wildman–Crippen MR) is 139 cm³/mol. The molecule has 0 unspecified atom stereocenters. The predicted octanol–water partition coefficient (Wildman–Crippen LogP) is 4.05. The second-order valence-corrected chi connectivity index (χ2v) is 9.46. The fourth-order valence-electron chi connectivity index (χ4n) is 5.41. The van der Waals surface area contributed by atoms with Crippen LogP contribution in [0, 0.1) is 5.41 Å². The van der Waals surface area contributed by atoms with Crippen LogP contribution in [0.15, 0.2) is 36.4 Å². The molecule has 3 N–H and O–H groups in total. The van der Waals surface area contributed by atoms with Crippen LogP contribution in [-0.4, -0.2) is 59.0 Å². The van der Waals surface area contributed by atoms with E-state index in [9.17, 15) is 9.59 Å². The van der Waals surface area contributed by atoms with E-state index in [0.29, 0.717) is 37.4 Å². The topological polar surface area (TPSA) is 103 Å². The molecule has 0 atom stereocenters. The van der Waals surface area contributed by atoms with Crippen LogP contribution in [-0.2, 0) is 17.6 Å². The highest BCUT2D eigenvalue weighted by Crippen LogP contribution is 2.37. The number of rotatable bonds is 3. The van der Waals surface area contributed by atoms with Gasteiger partial charge in [0.2, 0.25) is 5.91 Å². The molecule has 2 aromatic carbocycles. The lowest BCUT2D eigenvalue weighted by Crippen LogP contribution is -2.50. The van der Waals surface area contributed by atoms with Crippen molar-refractivity contribution in [2.45, 2.75) is 39.0 Å². The Bertz CT molecular complexity index is 1310. The molecule has 5 rings (SSSR count). The van der Waals surface area contributed by atoms with Crippen molar-refractivity contribution in [3.8, 4) is 11.3 Å². The van der Waals surface area contributed by atoms with Crippen LogP contribution < -0.4 is 5.73 Å². The third-order valence-electron chi connectivity index (χ3n) is 7.36. The number of hydrogen-bond donors (Lipinski definition) is 2. The number of fused-ring (bicyclic) bond motifs is 3. The smallest absolute Gasteiger partial charge is 0.253 e. The molecule has 1 aliphatic carbocycles. The van der Waals surface area contributed by atoms with Crippen molar-refractivity contribution in [3.05, 3.63) is 58.7 Å². The summed E-state index contributed by atoms with van der Waals surface area (Å²) in [5.41, 5.74) is 13.5. The molecule has 35 heavy (non-hydrogen) atoms. The molecule has 0 bridgehead atoms. The average molecular weight is 470 g/mol. The summed E-state index contributed by atoms with van der Waals surface area (Å²) in [6.45, 7) is 3.83. The summed E-state index contributed by atoms with van der Waals surface area (Å²) in [5, 5.41) is 8.96. The number of piperazine rings is 1.